The lowest BCUT2D eigenvalue weighted by Gasteiger charge is -2.13. The molecule has 0 aliphatic carbocycles. The minimum Gasteiger partial charge on any atom is -0.344 e. The van der Waals surface area contributed by atoms with E-state index < -0.39 is 0 Å². The molecule has 136 valence electrons. The molecule has 0 spiro atoms. The summed E-state index contributed by atoms with van der Waals surface area (Å²) in [6, 6.07) is 24.0. The van der Waals surface area contributed by atoms with Gasteiger partial charge in [-0.3, -0.25) is 9.69 Å². The van der Waals surface area contributed by atoms with Gasteiger partial charge in [-0.15, -0.1) is 0 Å². The van der Waals surface area contributed by atoms with E-state index in [0.29, 0.717) is 10.8 Å². The number of fused-ring (bicyclic) bond motifs is 3. The molecule has 1 aliphatic rings. The molecule has 1 aromatic heterocycles. The summed E-state index contributed by atoms with van der Waals surface area (Å²) in [5.41, 5.74) is 4.55. The molecule has 0 bridgehead atoms. The van der Waals surface area contributed by atoms with Crippen LogP contribution < -0.4 is 10.2 Å². The van der Waals surface area contributed by atoms with Crippen molar-refractivity contribution in [3.63, 3.8) is 0 Å². The van der Waals surface area contributed by atoms with Gasteiger partial charge in [-0.05, 0) is 54.2 Å². The number of thiocarbonyl (C=S) groups is 1. The second-order valence-electron chi connectivity index (χ2n) is 6.82. The zero-order valence-corrected chi connectivity index (χ0v) is 16.0. The number of carbonyl (C=O) groups excluding carboxylic acids is 1. The van der Waals surface area contributed by atoms with E-state index in [1.165, 1.54) is 21.2 Å². The van der Waals surface area contributed by atoms with Crippen LogP contribution in [0, 0.1) is 0 Å². The van der Waals surface area contributed by atoms with Gasteiger partial charge >= 0.3 is 0 Å². The van der Waals surface area contributed by atoms with Crippen molar-refractivity contribution in [1.29, 1.82) is 0 Å². The van der Waals surface area contributed by atoms with E-state index in [1.807, 2.05) is 54.6 Å². The predicted octanol–water partition coefficient (Wildman–Crippen LogP) is 4.59. The monoisotopic (exact) mass is 383 g/mol. The van der Waals surface area contributed by atoms with Gasteiger partial charge in [-0.1, -0.05) is 42.5 Å². The number of rotatable bonds is 2. The number of aryl methyl sites for hydroxylation is 1. The smallest absolute Gasteiger partial charge is 0.281 e. The summed E-state index contributed by atoms with van der Waals surface area (Å²) in [5, 5.41) is 5.82. The molecule has 1 fully saturated rings. The second-order valence-corrected chi connectivity index (χ2v) is 7.20. The normalized spacial score (nSPS) is 15.8. The van der Waals surface area contributed by atoms with Crippen molar-refractivity contribution in [2.24, 2.45) is 7.05 Å². The number of hydrogen-bond acceptors (Lipinski definition) is 2. The second kappa shape index (κ2) is 6.32. The van der Waals surface area contributed by atoms with E-state index in [4.69, 9.17) is 12.2 Å². The maximum absolute atomic E-state index is 12.9. The lowest BCUT2D eigenvalue weighted by molar-refractivity contribution is -0.113. The Labute approximate surface area is 167 Å². The number of nitrogens with zero attached hydrogens (tertiary/aromatic N) is 2. The molecule has 0 atom stereocenters. The molecule has 0 radical (unpaired) electrons. The van der Waals surface area contributed by atoms with Crippen LogP contribution in [0.2, 0.25) is 0 Å². The van der Waals surface area contributed by atoms with Crippen LogP contribution in [0.5, 0.6) is 0 Å². The maximum atomic E-state index is 12.9. The van der Waals surface area contributed by atoms with Gasteiger partial charge in [0.2, 0.25) is 0 Å². The molecule has 1 aliphatic heterocycles. The molecule has 1 amide bonds. The van der Waals surface area contributed by atoms with Crippen molar-refractivity contribution < 1.29 is 4.79 Å². The van der Waals surface area contributed by atoms with Gasteiger partial charge in [0.1, 0.15) is 5.70 Å². The number of nitrogens with one attached hydrogen (secondary N) is 1. The highest BCUT2D eigenvalue weighted by molar-refractivity contribution is 7.80. The summed E-state index contributed by atoms with van der Waals surface area (Å²) in [7, 11) is 2.07. The molecule has 3 aromatic carbocycles. The summed E-state index contributed by atoms with van der Waals surface area (Å²) in [6.45, 7) is 0. The predicted molar refractivity (Wildman–Crippen MR) is 118 cm³/mol. The van der Waals surface area contributed by atoms with Gasteiger partial charge in [-0.2, -0.15) is 0 Å². The summed E-state index contributed by atoms with van der Waals surface area (Å²) in [4.78, 5) is 14.4. The quantitative estimate of drug-likeness (QED) is 0.406. The Morgan fingerprint density at radius 2 is 1.61 bits per heavy atom. The minimum atomic E-state index is -0.144. The molecule has 1 N–H and O–H groups in total. The van der Waals surface area contributed by atoms with Crippen LogP contribution in [0.4, 0.5) is 5.69 Å². The standard InChI is InChI=1S/C23H17N3OS/c1-25-20-10-6-5-9-17(20)18-13-15(11-12-21(18)25)14-19-22(27)26(23(28)24-19)16-7-3-2-4-8-16/h2-14H,1H3,(H,24,28). The molecule has 5 heteroatoms. The highest BCUT2D eigenvalue weighted by atomic mass is 32.1. The van der Waals surface area contributed by atoms with E-state index in [1.54, 1.807) is 0 Å². The van der Waals surface area contributed by atoms with Crippen LogP contribution in [0.1, 0.15) is 5.56 Å². The molecule has 1 saturated heterocycles. The fourth-order valence-corrected chi connectivity index (χ4v) is 4.09. The van der Waals surface area contributed by atoms with Crippen molar-refractivity contribution in [3.8, 4) is 0 Å². The molecule has 2 heterocycles. The first-order chi connectivity index (χ1) is 13.6. The van der Waals surface area contributed by atoms with Crippen LogP contribution in [0.15, 0.2) is 78.5 Å². The maximum Gasteiger partial charge on any atom is 0.281 e. The molecule has 0 saturated carbocycles. The van der Waals surface area contributed by atoms with Gasteiger partial charge in [0, 0.05) is 28.9 Å². The molecule has 4 nitrogen and oxygen atoms in total. The highest BCUT2D eigenvalue weighted by Gasteiger charge is 2.31. The minimum absolute atomic E-state index is 0.144. The highest BCUT2D eigenvalue weighted by Crippen LogP contribution is 2.30. The van der Waals surface area contributed by atoms with E-state index in [-0.39, 0.29) is 5.91 Å². The first kappa shape index (κ1) is 16.7. The van der Waals surface area contributed by atoms with E-state index in [2.05, 4.69) is 41.2 Å². The largest absolute Gasteiger partial charge is 0.344 e. The van der Waals surface area contributed by atoms with Crippen molar-refractivity contribution in [2.75, 3.05) is 4.90 Å². The van der Waals surface area contributed by atoms with Crippen molar-refractivity contribution in [1.82, 2.24) is 9.88 Å². The number of hydrogen-bond donors (Lipinski definition) is 1. The van der Waals surface area contributed by atoms with Crippen LogP contribution in [-0.4, -0.2) is 15.6 Å². The number of carbonyl (C=O) groups is 1. The SMILES string of the molecule is Cn1c2ccccc2c2cc(C=C3NC(=S)N(c4ccccc4)C3=O)ccc21. The Morgan fingerprint density at radius 3 is 2.43 bits per heavy atom. The molecule has 4 aromatic rings. The average molecular weight is 383 g/mol. The zero-order valence-electron chi connectivity index (χ0n) is 15.2. The first-order valence-electron chi connectivity index (χ1n) is 9.03. The van der Waals surface area contributed by atoms with Crippen molar-refractivity contribution in [2.45, 2.75) is 0 Å². The Morgan fingerprint density at radius 1 is 0.893 bits per heavy atom. The third-order valence-corrected chi connectivity index (χ3v) is 5.43. The van der Waals surface area contributed by atoms with E-state index >= 15 is 0 Å². The fourth-order valence-electron chi connectivity index (χ4n) is 3.79. The van der Waals surface area contributed by atoms with Gasteiger partial charge in [-0.25, -0.2) is 0 Å². The van der Waals surface area contributed by atoms with Gasteiger partial charge in [0.25, 0.3) is 5.91 Å². The Hall–Kier alpha value is -3.44. The summed E-state index contributed by atoms with van der Waals surface area (Å²) in [5.74, 6) is -0.144. The van der Waals surface area contributed by atoms with Crippen LogP contribution in [0.3, 0.4) is 0 Å². The summed E-state index contributed by atoms with van der Waals surface area (Å²) < 4.78 is 2.19. The van der Waals surface area contributed by atoms with Gasteiger partial charge in [0.15, 0.2) is 5.11 Å². The summed E-state index contributed by atoms with van der Waals surface area (Å²) >= 11 is 5.39. The Kier molecular flexibility index (Phi) is 3.77. The molecular formula is C23H17N3OS. The molecule has 0 unspecified atom stereocenters. The first-order valence-corrected chi connectivity index (χ1v) is 9.44. The fraction of sp³-hybridized carbons (Fsp3) is 0.0435. The lowest BCUT2D eigenvalue weighted by atomic mass is 10.1. The van der Waals surface area contributed by atoms with E-state index in [9.17, 15) is 4.79 Å². The number of aromatic nitrogens is 1. The van der Waals surface area contributed by atoms with Crippen molar-refractivity contribution in [3.05, 3.63) is 84.1 Å². The molecular weight excluding hydrogens is 366 g/mol. The van der Waals surface area contributed by atoms with Gasteiger partial charge in [0.05, 0.1) is 5.69 Å². The topological polar surface area (TPSA) is 37.3 Å². The van der Waals surface area contributed by atoms with Crippen LogP contribution >= 0.6 is 12.2 Å². The Balaban J connectivity index is 1.58. The number of benzene rings is 3. The number of para-hydroxylation sites is 2. The average Bonchev–Trinajstić information content (AvgIpc) is 3.16. The van der Waals surface area contributed by atoms with Gasteiger partial charge < -0.3 is 9.88 Å². The summed E-state index contributed by atoms with van der Waals surface area (Å²) in [6.07, 6.45) is 1.86. The van der Waals surface area contributed by atoms with Crippen LogP contribution in [-0.2, 0) is 11.8 Å². The van der Waals surface area contributed by atoms with Crippen LogP contribution in [0.25, 0.3) is 27.9 Å². The third kappa shape index (κ3) is 2.52. The van der Waals surface area contributed by atoms with Crippen molar-refractivity contribution >= 4 is 56.8 Å². The lowest BCUT2D eigenvalue weighted by Crippen LogP contribution is -2.30. The number of amides is 1. The zero-order chi connectivity index (χ0) is 19.3. The van der Waals surface area contributed by atoms with E-state index in [0.717, 1.165) is 16.8 Å². The third-order valence-electron chi connectivity index (χ3n) is 5.14. The molecule has 5 rings (SSSR count). The molecule has 28 heavy (non-hydrogen) atoms. The Bertz CT molecular complexity index is 1290. The number of anilines is 1.